The van der Waals surface area contributed by atoms with Crippen LogP contribution in [0.15, 0.2) is 12.8 Å². The van der Waals surface area contributed by atoms with E-state index in [4.69, 9.17) is 0 Å². The minimum atomic E-state index is 0.150. The summed E-state index contributed by atoms with van der Waals surface area (Å²) in [4.78, 5) is 11.9. The summed E-state index contributed by atoms with van der Waals surface area (Å²) < 4.78 is 3.67. The molecule has 0 radical (unpaired) electrons. The van der Waals surface area contributed by atoms with E-state index in [1.807, 2.05) is 11.9 Å². The van der Waals surface area contributed by atoms with E-state index in [-0.39, 0.29) is 11.8 Å². The van der Waals surface area contributed by atoms with Crippen LogP contribution in [-0.2, 0) is 4.79 Å². The summed E-state index contributed by atoms with van der Waals surface area (Å²) in [6.07, 6.45) is 11.2. The SMILES string of the molecule is C=CNC(=O)C1CCCC(SNC2CCC(C)CC2)C1. The second-order valence-corrected chi connectivity index (χ2v) is 7.53. The topological polar surface area (TPSA) is 41.1 Å². The van der Waals surface area contributed by atoms with E-state index >= 15 is 0 Å². The molecule has 0 bridgehead atoms. The van der Waals surface area contributed by atoms with E-state index in [2.05, 4.69) is 23.5 Å². The predicted octanol–water partition coefficient (Wildman–Crippen LogP) is 3.62. The molecule has 2 N–H and O–H groups in total. The van der Waals surface area contributed by atoms with Crippen molar-refractivity contribution in [2.45, 2.75) is 69.6 Å². The molecule has 2 aliphatic carbocycles. The molecule has 0 saturated heterocycles. The first-order chi connectivity index (χ1) is 9.69. The van der Waals surface area contributed by atoms with Crippen molar-refractivity contribution >= 4 is 17.9 Å². The smallest absolute Gasteiger partial charge is 0.227 e. The number of rotatable bonds is 5. The van der Waals surface area contributed by atoms with Gasteiger partial charge in [0.1, 0.15) is 0 Å². The molecule has 2 rings (SSSR count). The van der Waals surface area contributed by atoms with Crippen molar-refractivity contribution in [2.24, 2.45) is 11.8 Å². The third kappa shape index (κ3) is 4.81. The summed E-state index contributed by atoms with van der Waals surface area (Å²) in [7, 11) is 0. The molecule has 2 aliphatic rings. The highest BCUT2D eigenvalue weighted by Gasteiger charge is 2.28. The largest absolute Gasteiger partial charge is 0.333 e. The standard InChI is InChI=1S/C16H28N2OS/c1-3-17-16(19)13-5-4-6-15(11-13)20-18-14-9-7-12(2)8-10-14/h3,12-15,18H,1,4-11H2,2H3,(H,17,19). The number of carbonyl (C=O) groups excluding carboxylic acids is 1. The normalized spacial score (nSPS) is 34.5. The summed E-state index contributed by atoms with van der Waals surface area (Å²) in [5.41, 5.74) is 0. The van der Waals surface area contributed by atoms with Gasteiger partial charge in [-0.2, -0.15) is 0 Å². The molecule has 2 atom stereocenters. The molecule has 0 spiro atoms. The van der Waals surface area contributed by atoms with Crippen LogP contribution in [-0.4, -0.2) is 17.2 Å². The van der Waals surface area contributed by atoms with Gasteiger partial charge in [-0.15, -0.1) is 0 Å². The Hall–Kier alpha value is -0.480. The molecule has 2 unspecified atom stereocenters. The maximum atomic E-state index is 11.9. The number of amides is 1. The summed E-state index contributed by atoms with van der Waals surface area (Å²) in [5.74, 6) is 1.23. The van der Waals surface area contributed by atoms with Gasteiger partial charge in [0, 0.05) is 17.2 Å². The van der Waals surface area contributed by atoms with Gasteiger partial charge in [-0.3, -0.25) is 9.52 Å². The zero-order valence-electron chi connectivity index (χ0n) is 12.6. The summed E-state index contributed by atoms with van der Waals surface area (Å²) >= 11 is 1.89. The second-order valence-electron chi connectivity index (χ2n) is 6.39. The van der Waals surface area contributed by atoms with Crippen LogP contribution in [0.25, 0.3) is 0 Å². The third-order valence-corrected chi connectivity index (χ3v) is 5.89. The minimum absolute atomic E-state index is 0.150. The Morgan fingerprint density at radius 1 is 1.20 bits per heavy atom. The van der Waals surface area contributed by atoms with Gasteiger partial charge in [0.15, 0.2) is 0 Å². The first kappa shape index (κ1) is 15.9. The van der Waals surface area contributed by atoms with Crippen LogP contribution in [0.1, 0.15) is 58.3 Å². The average molecular weight is 296 g/mol. The predicted molar refractivity (Wildman–Crippen MR) is 86.2 cm³/mol. The highest BCUT2D eigenvalue weighted by molar-refractivity contribution is 7.98. The number of carbonyl (C=O) groups is 1. The Morgan fingerprint density at radius 2 is 1.95 bits per heavy atom. The molecule has 4 heteroatoms. The van der Waals surface area contributed by atoms with Crippen molar-refractivity contribution in [1.82, 2.24) is 10.0 Å². The van der Waals surface area contributed by atoms with Crippen molar-refractivity contribution in [1.29, 1.82) is 0 Å². The quantitative estimate of drug-likeness (QED) is 0.761. The van der Waals surface area contributed by atoms with E-state index in [1.54, 1.807) is 0 Å². The number of hydrogen-bond acceptors (Lipinski definition) is 3. The number of nitrogens with one attached hydrogen (secondary N) is 2. The van der Waals surface area contributed by atoms with E-state index in [0.29, 0.717) is 11.3 Å². The molecule has 114 valence electrons. The zero-order chi connectivity index (χ0) is 14.4. The Kier molecular flexibility index (Phi) is 6.43. The van der Waals surface area contributed by atoms with E-state index in [0.717, 1.165) is 25.2 Å². The van der Waals surface area contributed by atoms with E-state index < -0.39 is 0 Å². The molecule has 20 heavy (non-hydrogen) atoms. The van der Waals surface area contributed by atoms with Gasteiger partial charge in [0.2, 0.25) is 5.91 Å². The molecular weight excluding hydrogens is 268 g/mol. The van der Waals surface area contributed by atoms with Gasteiger partial charge in [0.25, 0.3) is 0 Å². The van der Waals surface area contributed by atoms with E-state index in [9.17, 15) is 4.79 Å². The minimum Gasteiger partial charge on any atom is -0.333 e. The van der Waals surface area contributed by atoms with Gasteiger partial charge in [0.05, 0.1) is 0 Å². The molecular formula is C16H28N2OS. The van der Waals surface area contributed by atoms with Crippen molar-refractivity contribution in [3.63, 3.8) is 0 Å². The van der Waals surface area contributed by atoms with Gasteiger partial charge >= 0.3 is 0 Å². The van der Waals surface area contributed by atoms with Crippen LogP contribution in [0.5, 0.6) is 0 Å². The number of hydrogen-bond donors (Lipinski definition) is 2. The monoisotopic (exact) mass is 296 g/mol. The van der Waals surface area contributed by atoms with Crippen LogP contribution in [0, 0.1) is 11.8 Å². The van der Waals surface area contributed by atoms with E-state index in [1.165, 1.54) is 38.3 Å². The maximum Gasteiger partial charge on any atom is 0.227 e. The van der Waals surface area contributed by atoms with Gasteiger partial charge in [-0.05, 0) is 57.1 Å². The molecule has 0 aliphatic heterocycles. The molecule has 0 heterocycles. The first-order valence-electron chi connectivity index (χ1n) is 8.01. The Bertz CT molecular complexity index is 326. The highest BCUT2D eigenvalue weighted by atomic mass is 32.2. The summed E-state index contributed by atoms with van der Waals surface area (Å²) in [6, 6.07) is 0.679. The Labute approximate surface area is 127 Å². The fourth-order valence-electron chi connectivity index (χ4n) is 3.28. The molecule has 3 nitrogen and oxygen atoms in total. The summed E-state index contributed by atoms with van der Waals surface area (Å²) in [5, 5.41) is 3.33. The molecule has 2 saturated carbocycles. The first-order valence-corrected chi connectivity index (χ1v) is 8.89. The van der Waals surface area contributed by atoms with Gasteiger partial charge < -0.3 is 5.32 Å². The summed E-state index contributed by atoms with van der Waals surface area (Å²) in [6.45, 7) is 5.92. The van der Waals surface area contributed by atoms with Crippen molar-refractivity contribution in [2.75, 3.05) is 0 Å². The van der Waals surface area contributed by atoms with Crippen LogP contribution < -0.4 is 10.0 Å². The molecule has 0 aromatic rings. The average Bonchev–Trinajstić information content (AvgIpc) is 2.47. The Morgan fingerprint density at radius 3 is 2.65 bits per heavy atom. The van der Waals surface area contributed by atoms with Crippen LogP contribution in [0.3, 0.4) is 0 Å². The van der Waals surface area contributed by atoms with Crippen molar-refractivity contribution < 1.29 is 4.79 Å². The van der Waals surface area contributed by atoms with Gasteiger partial charge in [-0.1, -0.05) is 31.9 Å². The molecule has 0 aromatic heterocycles. The zero-order valence-corrected chi connectivity index (χ0v) is 13.4. The van der Waals surface area contributed by atoms with Crippen molar-refractivity contribution in [3.05, 3.63) is 12.8 Å². The van der Waals surface area contributed by atoms with Crippen LogP contribution in [0.4, 0.5) is 0 Å². The lowest BCUT2D eigenvalue weighted by molar-refractivity contribution is -0.124. The second kappa shape index (κ2) is 8.08. The maximum absolute atomic E-state index is 11.9. The fraction of sp³-hybridized carbons (Fsp3) is 0.812. The molecule has 0 aromatic carbocycles. The van der Waals surface area contributed by atoms with Crippen LogP contribution in [0.2, 0.25) is 0 Å². The van der Waals surface area contributed by atoms with Gasteiger partial charge in [-0.25, -0.2) is 0 Å². The molecule has 2 fully saturated rings. The lowest BCUT2D eigenvalue weighted by Crippen LogP contribution is -2.34. The van der Waals surface area contributed by atoms with Crippen LogP contribution >= 0.6 is 11.9 Å². The van der Waals surface area contributed by atoms with Crippen molar-refractivity contribution in [3.8, 4) is 0 Å². The Balaban J connectivity index is 1.70. The fourth-order valence-corrected chi connectivity index (χ4v) is 4.51. The molecule has 1 amide bonds. The lowest BCUT2D eigenvalue weighted by Gasteiger charge is -2.31. The lowest BCUT2D eigenvalue weighted by atomic mass is 9.88. The highest BCUT2D eigenvalue weighted by Crippen LogP contribution is 2.33. The third-order valence-electron chi connectivity index (χ3n) is 4.66.